The number of aromatic nitrogens is 2. The SMILES string of the molecule is CCNC(Cc1cc(F)ccc1Cl)c1cncn1C. The highest BCUT2D eigenvalue weighted by Gasteiger charge is 2.16. The summed E-state index contributed by atoms with van der Waals surface area (Å²) in [6.45, 7) is 2.86. The maximum atomic E-state index is 13.3. The van der Waals surface area contributed by atoms with Gasteiger partial charge in [-0.2, -0.15) is 0 Å². The molecule has 1 atom stereocenters. The van der Waals surface area contributed by atoms with Crippen molar-refractivity contribution in [3.63, 3.8) is 0 Å². The lowest BCUT2D eigenvalue weighted by atomic mass is 10.0. The van der Waals surface area contributed by atoms with Crippen molar-refractivity contribution >= 4 is 11.6 Å². The summed E-state index contributed by atoms with van der Waals surface area (Å²) in [5.41, 5.74) is 1.86. The molecule has 0 amide bonds. The fourth-order valence-corrected chi connectivity index (χ4v) is 2.35. The molecule has 3 nitrogen and oxygen atoms in total. The normalized spacial score (nSPS) is 12.6. The van der Waals surface area contributed by atoms with Crippen LogP contribution in [0.15, 0.2) is 30.7 Å². The zero-order chi connectivity index (χ0) is 13.8. The van der Waals surface area contributed by atoms with E-state index in [1.54, 1.807) is 12.4 Å². The Bertz CT molecular complexity index is 553. The molecule has 1 heterocycles. The molecule has 0 aliphatic heterocycles. The van der Waals surface area contributed by atoms with Crippen molar-refractivity contribution in [3.05, 3.63) is 52.8 Å². The summed E-state index contributed by atoms with van der Waals surface area (Å²) in [5, 5.41) is 3.97. The minimum Gasteiger partial charge on any atom is -0.336 e. The van der Waals surface area contributed by atoms with E-state index in [0.717, 1.165) is 17.8 Å². The van der Waals surface area contributed by atoms with Gasteiger partial charge in [-0.3, -0.25) is 0 Å². The summed E-state index contributed by atoms with van der Waals surface area (Å²) < 4.78 is 15.3. The number of halogens is 2. The van der Waals surface area contributed by atoms with Crippen LogP contribution in [0.1, 0.15) is 24.2 Å². The van der Waals surface area contributed by atoms with E-state index >= 15 is 0 Å². The molecular formula is C14H17ClFN3. The zero-order valence-electron chi connectivity index (χ0n) is 11.0. The molecule has 0 aliphatic rings. The Hall–Kier alpha value is -1.39. The third-order valence-electron chi connectivity index (χ3n) is 3.09. The Balaban J connectivity index is 2.26. The second-order valence-corrected chi connectivity index (χ2v) is 4.89. The number of hydrogen-bond acceptors (Lipinski definition) is 2. The molecule has 1 aromatic carbocycles. The third kappa shape index (κ3) is 3.33. The lowest BCUT2D eigenvalue weighted by molar-refractivity contribution is 0.519. The van der Waals surface area contributed by atoms with Crippen molar-refractivity contribution in [3.8, 4) is 0 Å². The smallest absolute Gasteiger partial charge is 0.123 e. The molecule has 0 spiro atoms. The summed E-state index contributed by atoms with van der Waals surface area (Å²) in [6, 6.07) is 4.52. The van der Waals surface area contributed by atoms with Gasteiger partial charge in [-0.1, -0.05) is 18.5 Å². The van der Waals surface area contributed by atoms with Crippen molar-refractivity contribution in [1.29, 1.82) is 0 Å². The molecule has 2 rings (SSSR count). The molecule has 0 saturated carbocycles. The lowest BCUT2D eigenvalue weighted by Gasteiger charge is -2.19. The van der Waals surface area contributed by atoms with E-state index < -0.39 is 0 Å². The first-order valence-corrected chi connectivity index (χ1v) is 6.63. The van der Waals surface area contributed by atoms with Crippen LogP contribution in [-0.4, -0.2) is 16.1 Å². The molecule has 5 heteroatoms. The van der Waals surface area contributed by atoms with Crippen molar-refractivity contribution in [2.45, 2.75) is 19.4 Å². The van der Waals surface area contributed by atoms with E-state index in [0.29, 0.717) is 11.4 Å². The van der Waals surface area contributed by atoms with Crippen LogP contribution in [0.3, 0.4) is 0 Å². The predicted molar refractivity (Wildman–Crippen MR) is 74.7 cm³/mol. The first kappa shape index (κ1) is 14.0. The standard InChI is InChI=1S/C14H17ClFN3/c1-3-18-13(14-8-17-9-19(14)2)7-10-6-11(16)4-5-12(10)15/h4-6,8-9,13,18H,3,7H2,1-2H3. The van der Waals surface area contributed by atoms with Crippen LogP contribution in [0.5, 0.6) is 0 Å². The molecule has 19 heavy (non-hydrogen) atoms. The molecule has 0 radical (unpaired) electrons. The fraction of sp³-hybridized carbons (Fsp3) is 0.357. The minimum atomic E-state index is -0.264. The summed E-state index contributed by atoms with van der Waals surface area (Å²) in [4.78, 5) is 4.12. The van der Waals surface area contributed by atoms with Gasteiger partial charge < -0.3 is 9.88 Å². The monoisotopic (exact) mass is 281 g/mol. The van der Waals surface area contributed by atoms with Crippen molar-refractivity contribution in [1.82, 2.24) is 14.9 Å². The number of nitrogens with zero attached hydrogens (tertiary/aromatic N) is 2. The average Bonchev–Trinajstić information content (AvgIpc) is 2.79. The van der Waals surface area contributed by atoms with Gasteiger partial charge in [0.15, 0.2) is 0 Å². The van der Waals surface area contributed by atoms with Crippen molar-refractivity contribution < 1.29 is 4.39 Å². The molecule has 102 valence electrons. The quantitative estimate of drug-likeness (QED) is 0.913. The van der Waals surface area contributed by atoms with Crippen LogP contribution in [0.25, 0.3) is 0 Å². The van der Waals surface area contributed by atoms with E-state index in [1.165, 1.54) is 12.1 Å². The van der Waals surface area contributed by atoms with Gasteiger partial charge in [-0.05, 0) is 36.7 Å². The van der Waals surface area contributed by atoms with Crippen LogP contribution in [-0.2, 0) is 13.5 Å². The highest BCUT2D eigenvalue weighted by Crippen LogP contribution is 2.24. The topological polar surface area (TPSA) is 29.9 Å². The number of imidazole rings is 1. The molecule has 0 bridgehead atoms. The van der Waals surface area contributed by atoms with Crippen LogP contribution >= 0.6 is 11.6 Å². The van der Waals surface area contributed by atoms with Crippen molar-refractivity contribution in [2.75, 3.05) is 6.54 Å². The van der Waals surface area contributed by atoms with Gasteiger partial charge in [0.2, 0.25) is 0 Å². The number of rotatable bonds is 5. The predicted octanol–water partition coefficient (Wildman–Crippen LogP) is 3.11. The molecular weight excluding hydrogens is 265 g/mol. The summed E-state index contributed by atoms with van der Waals surface area (Å²) >= 11 is 6.12. The molecule has 0 saturated heterocycles. The maximum absolute atomic E-state index is 13.3. The Morgan fingerprint density at radius 2 is 2.26 bits per heavy atom. The number of aryl methyl sites for hydroxylation is 1. The van der Waals surface area contributed by atoms with E-state index in [4.69, 9.17) is 11.6 Å². The number of likely N-dealkylation sites (N-methyl/N-ethyl adjacent to an activating group) is 1. The highest BCUT2D eigenvalue weighted by molar-refractivity contribution is 6.31. The van der Waals surface area contributed by atoms with E-state index in [-0.39, 0.29) is 11.9 Å². The Morgan fingerprint density at radius 3 is 2.89 bits per heavy atom. The molecule has 0 fully saturated rings. The van der Waals surface area contributed by atoms with Gasteiger partial charge >= 0.3 is 0 Å². The minimum absolute atomic E-state index is 0.0665. The Morgan fingerprint density at radius 1 is 1.47 bits per heavy atom. The van der Waals surface area contributed by atoms with Gasteiger partial charge in [-0.25, -0.2) is 9.37 Å². The number of nitrogens with one attached hydrogen (secondary N) is 1. The highest BCUT2D eigenvalue weighted by atomic mass is 35.5. The van der Waals surface area contributed by atoms with Crippen LogP contribution in [0.4, 0.5) is 4.39 Å². The second kappa shape index (κ2) is 6.17. The lowest BCUT2D eigenvalue weighted by Crippen LogP contribution is -2.25. The summed E-state index contributed by atoms with van der Waals surface area (Å²) in [5.74, 6) is -0.264. The zero-order valence-corrected chi connectivity index (χ0v) is 11.8. The summed E-state index contributed by atoms with van der Waals surface area (Å²) in [6.07, 6.45) is 4.21. The Labute approximate surface area is 117 Å². The largest absolute Gasteiger partial charge is 0.336 e. The second-order valence-electron chi connectivity index (χ2n) is 4.48. The van der Waals surface area contributed by atoms with Crippen LogP contribution in [0, 0.1) is 5.82 Å². The maximum Gasteiger partial charge on any atom is 0.123 e. The van der Waals surface area contributed by atoms with Gasteiger partial charge in [0.05, 0.1) is 18.1 Å². The van der Waals surface area contributed by atoms with Crippen LogP contribution < -0.4 is 5.32 Å². The number of benzene rings is 1. The van der Waals surface area contributed by atoms with Gasteiger partial charge in [-0.15, -0.1) is 0 Å². The van der Waals surface area contributed by atoms with Gasteiger partial charge in [0.25, 0.3) is 0 Å². The molecule has 1 unspecified atom stereocenters. The Kier molecular flexibility index (Phi) is 4.56. The molecule has 1 aromatic heterocycles. The van der Waals surface area contributed by atoms with Gasteiger partial charge in [0.1, 0.15) is 5.82 Å². The third-order valence-corrected chi connectivity index (χ3v) is 3.46. The van der Waals surface area contributed by atoms with E-state index in [9.17, 15) is 4.39 Å². The summed E-state index contributed by atoms with van der Waals surface area (Å²) in [7, 11) is 1.94. The fourth-order valence-electron chi connectivity index (χ4n) is 2.15. The molecule has 1 N–H and O–H groups in total. The van der Waals surface area contributed by atoms with Crippen molar-refractivity contribution in [2.24, 2.45) is 7.05 Å². The first-order chi connectivity index (χ1) is 9.11. The van der Waals surface area contributed by atoms with Crippen LogP contribution in [0.2, 0.25) is 5.02 Å². The number of hydrogen-bond donors (Lipinski definition) is 1. The van der Waals surface area contributed by atoms with E-state index in [2.05, 4.69) is 10.3 Å². The molecule has 2 aromatic rings. The average molecular weight is 282 g/mol. The van der Waals surface area contributed by atoms with E-state index in [1.807, 2.05) is 24.7 Å². The van der Waals surface area contributed by atoms with Gasteiger partial charge in [0, 0.05) is 18.3 Å². The first-order valence-electron chi connectivity index (χ1n) is 6.25. The molecule has 0 aliphatic carbocycles.